The summed E-state index contributed by atoms with van der Waals surface area (Å²) < 4.78 is 21.6. The highest BCUT2D eigenvalue weighted by molar-refractivity contribution is 5.45. The van der Waals surface area contributed by atoms with Crippen molar-refractivity contribution in [2.75, 3.05) is 34.2 Å². The van der Waals surface area contributed by atoms with E-state index in [1.165, 1.54) is 24.0 Å². The van der Waals surface area contributed by atoms with Gasteiger partial charge in [0, 0.05) is 18.1 Å². The number of nitrogens with zero attached hydrogens (tertiary/aromatic N) is 2. The van der Waals surface area contributed by atoms with Crippen LogP contribution < -0.4 is 30.4 Å². The molecule has 10 heteroatoms. The Labute approximate surface area is 271 Å². The van der Waals surface area contributed by atoms with Crippen LogP contribution in [0.5, 0.6) is 23.0 Å². The van der Waals surface area contributed by atoms with E-state index in [-0.39, 0.29) is 12.8 Å². The van der Waals surface area contributed by atoms with Gasteiger partial charge in [-0.2, -0.15) is 0 Å². The molecule has 4 N–H and O–H groups in total. The molecular formula is C35H58N4O6. The first kappa shape index (κ1) is 39.5. The topological polar surface area (TPSA) is 130 Å². The maximum Gasteiger partial charge on any atom is 0.231 e. The van der Waals surface area contributed by atoms with Crippen LogP contribution in [0.25, 0.3) is 0 Å². The van der Waals surface area contributed by atoms with E-state index in [9.17, 15) is 0 Å². The van der Waals surface area contributed by atoms with E-state index in [2.05, 4.69) is 108 Å². The highest BCUT2D eigenvalue weighted by Crippen LogP contribution is 2.34. The lowest BCUT2D eigenvalue weighted by atomic mass is 10.0. The second-order valence-electron chi connectivity index (χ2n) is 12.6. The lowest BCUT2D eigenvalue weighted by molar-refractivity contribution is -0.107. The normalized spacial score (nSPS) is 14.4. The molecule has 0 aliphatic carbocycles. The van der Waals surface area contributed by atoms with Gasteiger partial charge < -0.3 is 40.2 Å². The van der Waals surface area contributed by atoms with Crippen LogP contribution in [0, 0.1) is 11.8 Å². The monoisotopic (exact) mass is 630 g/mol. The Bertz CT molecular complexity index is 1120. The summed E-state index contributed by atoms with van der Waals surface area (Å²) in [5, 5.41) is 0. The SMILES string of the molecule is CC(C)CC(C)N(C)C(C)Cc1ccc2c(c1)OCO2.CC(C)CCN(C)C(C)Cc1ccc2c(c1)OCO2.NC=O.NC=O. The van der Waals surface area contributed by atoms with Crippen molar-refractivity contribution < 1.29 is 28.5 Å². The number of hydrogen-bond acceptors (Lipinski definition) is 8. The van der Waals surface area contributed by atoms with Crippen LogP contribution in [-0.4, -0.2) is 75.0 Å². The number of likely N-dealkylation sites (N-methyl/N-ethyl adjacent to an activating group) is 2. The van der Waals surface area contributed by atoms with E-state index >= 15 is 0 Å². The summed E-state index contributed by atoms with van der Waals surface area (Å²) in [5.41, 5.74) is 11.0. The Morgan fingerprint density at radius 3 is 1.51 bits per heavy atom. The Kier molecular flexibility index (Phi) is 18.7. The van der Waals surface area contributed by atoms with Crippen molar-refractivity contribution in [1.29, 1.82) is 0 Å². The summed E-state index contributed by atoms with van der Waals surface area (Å²) in [6.07, 6.45) is 5.07. The van der Waals surface area contributed by atoms with E-state index < -0.39 is 0 Å². The molecule has 0 fully saturated rings. The zero-order valence-electron chi connectivity index (χ0n) is 29.0. The van der Waals surface area contributed by atoms with Crippen molar-refractivity contribution >= 4 is 12.8 Å². The molecule has 3 atom stereocenters. The molecule has 45 heavy (non-hydrogen) atoms. The molecule has 0 aromatic heterocycles. The third-order valence-electron chi connectivity index (χ3n) is 7.95. The van der Waals surface area contributed by atoms with Crippen molar-refractivity contribution in [1.82, 2.24) is 9.80 Å². The molecule has 2 aliphatic rings. The molecule has 254 valence electrons. The summed E-state index contributed by atoms with van der Waals surface area (Å²) in [6.45, 7) is 17.9. The molecule has 2 aromatic carbocycles. The number of rotatable bonds is 12. The van der Waals surface area contributed by atoms with Gasteiger partial charge >= 0.3 is 0 Å². The van der Waals surface area contributed by atoms with Crippen LogP contribution in [0.3, 0.4) is 0 Å². The van der Waals surface area contributed by atoms with E-state index in [1.54, 1.807) is 0 Å². The fourth-order valence-electron chi connectivity index (χ4n) is 5.08. The van der Waals surface area contributed by atoms with Crippen molar-refractivity contribution in [2.45, 2.75) is 92.3 Å². The highest BCUT2D eigenvalue weighted by Gasteiger charge is 2.19. The first-order chi connectivity index (χ1) is 21.4. The molecule has 0 radical (unpaired) electrons. The number of benzene rings is 2. The van der Waals surface area contributed by atoms with Gasteiger partial charge in [0.05, 0.1) is 0 Å². The molecule has 2 heterocycles. The fraction of sp³-hybridized carbons (Fsp3) is 0.600. The number of amides is 2. The summed E-state index contributed by atoms with van der Waals surface area (Å²) in [6, 6.07) is 14.2. The fourth-order valence-corrected chi connectivity index (χ4v) is 5.08. The number of carbonyl (C=O) groups excluding carboxylic acids is 2. The van der Waals surface area contributed by atoms with Crippen LogP contribution in [0.1, 0.15) is 72.4 Å². The smallest absolute Gasteiger partial charge is 0.231 e. The number of hydrogen-bond donors (Lipinski definition) is 2. The van der Waals surface area contributed by atoms with E-state index in [0.29, 0.717) is 31.7 Å². The molecule has 10 nitrogen and oxygen atoms in total. The molecular weight excluding hydrogens is 572 g/mol. The van der Waals surface area contributed by atoms with Gasteiger partial charge in [-0.15, -0.1) is 0 Å². The number of fused-ring (bicyclic) bond motifs is 2. The van der Waals surface area contributed by atoms with Crippen LogP contribution in [0.2, 0.25) is 0 Å². The second-order valence-corrected chi connectivity index (χ2v) is 12.6. The van der Waals surface area contributed by atoms with Gasteiger partial charge in [-0.05, 0) is 114 Å². The van der Waals surface area contributed by atoms with E-state index in [1.807, 2.05) is 12.1 Å². The zero-order valence-corrected chi connectivity index (χ0v) is 29.0. The third kappa shape index (κ3) is 14.9. The minimum atomic E-state index is 0.250. The minimum Gasteiger partial charge on any atom is -0.454 e. The average Bonchev–Trinajstić information content (AvgIpc) is 3.65. The molecule has 4 rings (SSSR count). The highest BCUT2D eigenvalue weighted by atomic mass is 16.7. The first-order valence-electron chi connectivity index (χ1n) is 15.9. The van der Waals surface area contributed by atoms with Gasteiger partial charge in [-0.1, -0.05) is 39.8 Å². The molecule has 2 aromatic rings. The predicted molar refractivity (Wildman–Crippen MR) is 181 cm³/mol. The quantitative estimate of drug-likeness (QED) is 0.305. The number of carbonyl (C=O) groups is 2. The lowest BCUT2D eigenvalue weighted by Gasteiger charge is -2.32. The Morgan fingerprint density at radius 1 is 0.667 bits per heavy atom. The van der Waals surface area contributed by atoms with Crippen LogP contribution in [-0.2, 0) is 22.4 Å². The Balaban J connectivity index is 0.000000384. The molecule has 2 amide bonds. The number of primary amides is 2. The summed E-state index contributed by atoms with van der Waals surface area (Å²) in [5.74, 6) is 5.00. The predicted octanol–water partition coefficient (Wildman–Crippen LogP) is 5.24. The van der Waals surface area contributed by atoms with Crippen LogP contribution >= 0.6 is 0 Å². The maximum atomic E-state index is 8.58. The van der Waals surface area contributed by atoms with Gasteiger partial charge in [-0.25, -0.2) is 0 Å². The molecule has 0 saturated heterocycles. The summed E-state index contributed by atoms with van der Waals surface area (Å²) in [4.78, 5) is 22.1. The van der Waals surface area contributed by atoms with Gasteiger partial charge in [0.15, 0.2) is 23.0 Å². The zero-order chi connectivity index (χ0) is 33.9. The number of nitrogens with two attached hydrogens (primary N) is 2. The van der Waals surface area contributed by atoms with Gasteiger partial charge in [0.25, 0.3) is 0 Å². The van der Waals surface area contributed by atoms with Crippen LogP contribution in [0.4, 0.5) is 0 Å². The van der Waals surface area contributed by atoms with E-state index in [4.69, 9.17) is 28.5 Å². The van der Waals surface area contributed by atoms with Crippen molar-refractivity contribution in [3.8, 4) is 23.0 Å². The lowest BCUT2D eigenvalue weighted by Crippen LogP contribution is -2.38. The number of ether oxygens (including phenoxy) is 4. The summed E-state index contributed by atoms with van der Waals surface area (Å²) in [7, 11) is 4.44. The average molecular weight is 631 g/mol. The van der Waals surface area contributed by atoms with Gasteiger partial charge in [0.2, 0.25) is 26.4 Å². The van der Waals surface area contributed by atoms with Crippen molar-refractivity contribution in [3.05, 3.63) is 47.5 Å². The molecule has 0 bridgehead atoms. The molecule has 0 spiro atoms. The maximum absolute atomic E-state index is 8.58. The minimum absolute atomic E-state index is 0.250. The summed E-state index contributed by atoms with van der Waals surface area (Å²) >= 11 is 0. The Hall–Kier alpha value is -3.50. The van der Waals surface area contributed by atoms with Gasteiger partial charge in [0.1, 0.15) is 0 Å². The Morgan fingerprint density at radius 2 is 1.09 bits per heavy atom. The van der Waals surface area contributed by atoms with Crippen LogP contribution in [0.15, 0.2) is 36.4 Å². The molecule has 3 unspecified atom stereocenters. The molecule has 2 aliphatic heterocycles. The standard InChI is InChI=1S/C17H27NO2.C16H25NO2.2CH3NO/c1-12(2)8-13(3)18(5)14(4)9-15-6-7-16-17(10-15)20-11-19-16;1-12(2)7-8-17(4)13(3)9-14-5-6-15-16(10-14)19-11-18-15;2*2-1-3/h6-7,10,12-14H,8-9,11H2,1-5H3;5-6,10,12-13H,7-9,11H2,1-4H3;2*1H,(H2,2,3). The van der Waals surface area contributed by atoms with Crippen molar-refractivity contribution in [2.24, 2.45) is 23.3 Å². The molecule has 0 saturated carbocycles. The van der Waals surface area contributed by atoms with Gasteiger partial charge in [-0.3, -0.25) is 9.59 Å². The first-order valence-corrected chi connectivity index (χ1v) is 15.9. The second kappa shape index (κ2) is 21.3. The van der Waals surface area contributed by atoms with Crippen molar-refractivity contribution in [3.63, 3.8) is 0 Å². The van der Waals surface area contributed by atoms with E-state index in [0.717, 1.165) is 54.2 Å². The third-order valence-corrected chi connectivity index (χ3v) is 7.95. The largest absolute Gasteiger partial charge is 0.454 e.